The van der Waals surface area contributed by atoms with Crippen LogP contribution in [0, 0.1) is 5.82 Å². The average molecular weight is 505 g/mol. The topological polar surface area (TPSA) is 75.7 Å². The van der Waals surface area contributed by atoms with Crippen molar-refractivity contribution in [2.24, 2.45) is 0 Å². The summed E-state index contributed by atoms with van der Waals surface area (Å²) in [5.41, 5.74) is 1.20. The summed E-state index contributed by atoms with van der Waals surface area (Å²) in [5.74, 6) is -0.354. The van der Waals surface area contributed by atoms with Gasteiger partial charge in [-0.15, -0.1) is 0 Å². The van der Waals surface area contributed by atoms with Gasteiger partial charge in [0, 0.05) is 6.54 Å². The van der Waals surface area contributed by atoms with Gasteiger partial charge in [0.05, 0.1) is 22.2 Å². The second kappa shape index (κ2) is 11.9. The first kappa shape index (κ1) is 25.5. The number of hydrogen-bond acceptors (Lipinski definition) is 4. The van der Waals surface area contributed by atoms with Gasteiger partial charge in [0.25, 0.3) is 10.0 Å². The number of hydrogen-bond donors (Lipinski definition) is 1. The molecule has 9 heteroatoms. The van der Waals surface area contributed by atoms with Crippen LogP contribution < -0.4 is 14.4 Å². The van der Waals surface area contributed by atoms with Crippen LogP contribution in [-0.2, 0) is 21.2 Å². The summed E-state index contributed by atoms with van der Waals surface area (Å²) in [6.45, 7) is 2.43. The Hall–Kier alpha value is -3.10. The Morgan fingerprint density at radius 2 is 1.76 bits per heavy atom. The Morgan fingerprint density at radius 3 is 2.41 bits per heavy atom. The Balaban J connectivity index is 1.66. The molecular formula is C25H26ClFN2O4S. The van der Waals surface area contributed by atoms with Crippen LogP contribution in [0.3, 0.4) is 0 Å². The number of rotatable bonds is 11. The summed E-state index contributed by atoms with van der Waals surface area (Å²) >= 11 is 5.87. The molecule has 0 aliphatic carbocycles. The van der Waals surface area contributed by atoms with Gasteiger partial charge >= 0.3 is 0 Å². The molecule has 3 rings (SSSR count). The van der Waals surface area contributed by atoms with E-state index in [4.69, 9.17) is 16.3 Å². The number of halogens is 2. The molecule has 34 heavy (non-hydrogen) atoms. The van der Waals surface area contributed by atoms with Crippen molar-refractivity contribution in [3.63, 3.8) is 0 Å². The van der Waals surface area contributed by atoms with Crippen molar-refractivity contribution < 1.29 is 22.3 Å². The van der Waals surface area contributed by atoms with Crippen molar-refractivity contribution in [2.75, 3.05) is 24.0 Å². The van der Waals surface area contributed by atoms with E-state index in [9.17, 15) is 17.6 Å². The van der Waals surface area contributed by atoms with Gasteiger partial charge in [-0.05, 0) is 67.8 Å². The van der Waals surface area contributed by atoms with Gasteiger partial charge in [-0.1, -0.05) is 41.9 Å². The summed E-state index contributed by atoms with van der Waals surface area (Å²) in [7, 11) is -4.08. The first-order valence-electron chi connectivity index (χ1n) is 10.8. The number of sulfonamides is 1. The molecule has 1 amide bonds. The molecule has 0 saturated carbocycles. The third-order valence-electron chi connectivity index (χ3n) is 5.01. The standard InChI is InChI=1S/C25H26ClFN2O4S/c1-2-33-21-13-10-19(11-14-21)7-6-16-28-25(30)18-29(20-12-15-24(27)23(26)17-20)34(31,32)22-8-4-3-5-9-22/h3-5,8-15,17H,2,6-7,16,18H2,1H3,(H,28,30). The Kier molecular flexibility index (Phi) is 8.90. The molecular weight excluding hydrogens is 479 g/mol. The molecule has 180 valence electrons. The third kappa shape index (κ3) is 6.71. The summed E-state index contributed by atoms with van der Waals surface area (Å²) < 4.78 is 46.5. The monoisotopic (exact) mass is 504 g/mol. The zero-order chi connectivity index (χ0) is 24.6. The van der Waals surface area contributed by atoms with Crippen LogP contribution in [0.2, 0.25) is 5.02 Å². The van der Waals surface area contributed by atoms with E-state index in [1.54, 1.807) is 18.2 Å². The first-order chi connectivity index (χ1) is 16.3. The number of benzene rings is 3. The van der Waals surface area contributed by atoms with E-state index >= 15 is 0 Å². The Morgan fingerprint density at radius 1 is 1.06 bits per heavy atom. The van der Waals surface area contributed by atoms with Crippen molar-refractivity contribution in [1.82, 2.24) is 5.32 Å². The summed E-state index contributed by atoms with van der Waals surface area (Å²) in [5, 5.41) is 2.52. The van der Waals surface area contributed by atoms with E-state index in [-0.39, 0.29) is 15.6 Å². The number of aryl methyl sites for hydroxylation is 1. The van der Waals surface area contributed by atoms with E-state index in [0.29, 0.717) is 19.6 Å². The molecule has 0 radical (unpaired) electrons. The molecule has 6 nitrogen and oxygen atoms in total. The summed E-state index contributed by atoms with van der Waals surface area (Å²) in [6.07, 6.45) is 1.42. The minimum absolute atomic E-state index is 0.0127. The fraction of sp³-hybridized carbons (Fsp3) is 0.240. The second-order valence-corrected chi connectivity index (χ2v) is 9.72. The predicted octanol–water partition coefficient (Wildman–Crippen LogP) is 4.82. The Bertz CT molecular complexity index is 1210. The van der Waals surface area contributed by atoms with Crippen molar-refractivity contribution in [2.45, 2.75) is 24.7 Å². The van der Waals surface area contributed by atoms with Gasteiger partial charge in [-0.3, -0.25) is 9.10 Å². The van der Waals surface area contributed by atoms with Crippen molar-refractivity contribution in [3.05, 3.63) is 89.2 Å². The van der Waals surface area contributed by atoms with Crippen LogP contribution in [0.25, 0.3) is 0 Å². The van der Waals surface area contributed by atoms with Crippen molar-refractivity contribution >= 4 is 33.2 Å². The lowest BCUT2D eigenvalue weighted by atomic mass is 10.1. The number of carbonyl (C=O) groups excluding carboxylic acids is 1. The first-order valence-corrected chi connectivity index (χ1v) is 12.6. The van der Waals surface area contributed by atoms with Gasteiger partial charge in [0.15, 0.2) is 0 Å². The fourth-order valence-electron chi connectivity index (χ4n) is 3.30. The Labute approximate surface area is 204 Å². The second-order valence-electron chi connectivity index (χ2n) is 7.45. The third-order valence-corrected chi connectivity index (χ3v) is 7.09. The molecule has 0 saturated heterocycles. The molecule has 3 aromatic rings. The molecule has 0 aromatic heterocycles. The van der Waals surface area contributed by atoms with Crippen LogP contribution in [0.4, 0.5) is 10.1 Å². The lowest BCUT2D eigenvalue weighted by Crippen LogP contribution is -2.41. The van der Waals surface area contributed by atoms with Crippen molar-refractivity contribution in [3.8, 4) is 5.75 Å². The van der Waals surface area contributed by atoms with Crippen LogP contribution in [0.5, 0.6) is 5.75 Å². The maximum absolute atomic E-state index is 13.7. The van der Waals surface area contributed by atoms with Crippen LogP contribution in [-0.4, -0.2) is 34.0 Å². The lowest BCUT2D eigenvalue weighted by Gasteiger charge is -2.24. The predicted molar refractivity (Wildman–Crippen MR) is 131 cm³/mol. The van der Waals surface area contributed by atoms with Gasteiger partial charge in [-0.25, -0.2) is 12.8 Å². The molecule has 0 spiro atoms. The van der Waals surface area contributed by atoms with Crippen LogP contribution in [0.1, 0.15) is 18.9 Å². The van der Waals surface area contributed by atoms with Crippen LogP contribution >= 0.6 is 11.6 Å². The fourth-order valence-corrected chi connectivity index (χ4v) is 4.91. The van der Waals surface area contributed by atoms with E-state index in [2.05, 4.69) is 5.32 Å². The molecule has 0 bridgehead atoms. The highest BCUT2D eigenvalue weighted by Crippen LogP contribution is 2.27. The highest BCUT2D eigenvalue weighted by molar-refractivity contribution is 7.92. The van der Waals surface area contributed by atoms with E-state index < -0.39 is 28.3 Å². The smallest absolute Gasteiger partial charge is 0.264 e. The molecule has 0 heterocycles. The van der Waals surface area contributed by atoms with Gasteiger partial charge in [0.1, 0.15) is 18.1 Å². The normalized spacial score (nSPS) is 11.1. The number of nitrogens with zero attached hydrogens (tertiary/aromatic N) is 1. The quantitative estimate of drug-likeness (QED) is 0.380. The van der Waals surface area contributed by atoms with E-state index in [1.165, 1.54) is 24.3 Å². The molecule has 0 aliphatic heterocycles. The number of anilines is 1. The average Bonchev–Trinajstić information content (AvgIpc) is 2.84. The van der Waals surface area contributed by atoms with Gasteiger partial charge < -0.3 is 10.1 Å². The molecule has 1 N–H and O–H groups in total. The zero-order valence-electron chi connectivity index (χ0n) is 18.7. The minimum atomic E-state index is -4.08. The zero-order valence-corrected chi connectivity index (χ0v) is 20.3. The highest BCUT2D eigenvalue weighted by Gasteiger charge is 2.27. The van der Waals surface area contributed by atoms with Gasteiger partial charge in [-0.2, -0.15) is 0 Å². The minimum Gasteiger partial charge on any atom is -0.494 e. The van der Waals surface area contributed by atoms with Crippen LogP contribution in [0.15, 0.2) is 77.7 Å². The molecule has 3 aromatic carbocycles. The molecule has 0 aliphatic rings. The maximum atomic E-state index is 13.7. The van der Waals surface area contributed by atoms with E-state index in [1.807, 2.05) is 31.2 Å². The number of amides is 1. The van der Waals surface area contributed by atoms with E-state index in [0.717, 1.165) is 28.1 Å². The van der Waals surface area contributed by atoms with Gasteiger partial charge in [0.2, 0.25) is 5.91 Å². The molecule has 0 fully saturated rings. The highest BCUT2D eigenvalue weighted by atomic mass is 35.5. The summed E-state index contributed by atoms with van der Waals surface area (Å²) in [6, 6.07) is 19.0. The lowest BCUT2D eigenvalue weighted by molar-refractivity contribution is -0.119. The summed E-state index contributed by atoms with van der Waals surface area (Å²) in [4.78, 5) is 12.7. The van der Waals surface area contributed by atoms with Crippen molar-refractivity contribution in [1.29, 1.82) is 0 Å². The largest absolute Gasteiger partial charge is 0.494 e. The number of carbonyl (C=O) groups is 1. The number of nitrogens with one attached hydrogen (secondary N) is 1. The molecule has 0 atom stereocenters. The molecule has 0 unspecified atom stereocenters. The maximum Gasteiger partial charge on any atom is 0.264 e. The number of ether oxygens (including phenoxy) is 1. The SMILES string of the molecule is CCOc1ccc(CCCNC(=O)CN(c2ccc(F)c(Cl)c2)S(=O)(=O)c2ccccc2)cc1.